The first-order chi connectivity index (χ1) is 12.6. The Bertz CT molecular complexity index is 847. The van der Waals surface area contributed by atoms with E-state index in [1.54, 1.807) is 7.11 Å². The number of methoxy groups -OCH3 is 2. The highest BCUT2D eigenvalue weighted by Gasteiger charge is 2.35. The lowest BCUT2D eigenvalue weighted by molar-refractivity contribution is -0.136. The van der Waals surface area contributed by atoms with E-state index < -0.39 is 0 Å². The lowest BCUT2D eigenvalue weighted by atomic mass is 9.94. The van der Waals surface area contributed by atoms with E-state index in [0.29, 0.717) is 10.7 Å². The first-order valence-corrected chi connectivity index (χ1v) is 8.56. The number of para-hydroxylation sites is 1. The zero-order chi connectivity index (χ0) is 18.7. The smallest absolute Gasteiger partial charge is 0.337 e. The van der Waals surface area contributed by atoms with Crippen LogP contribution in [0.2, 0.25) is 0 Å². The molecule has 2 aromatic carbocycles. The van der Waals surface area contributed by atoms with Gasteiger partial charge < -0.3 is 14.8 Å². The van der Waals surface area contributed by atoms with E-state index in [0.717, 1.165) is 22.7 Å². The van der Waals surface area contributed by atoms with Crippen molar-refractivity contribution in [3.05, 3.63) is 71.4 Å². The molecule has 0 aromatic heterocycles. The second-order valence-corrected chi connectivity index (χ2v) is 6.20. The number of esters is 1. The standard InChI is InChI=1S/C20H20N2O3S/c1-13-17(19(23)25-3)18(14-9-11-16(24-2)12-10-14)21-20(26)22(13)15-7-5-4-6-8-15/h4-12,18H,1-3H3,(H,21,26). The SMILES string of the molecule is COC(=O)C1=C(C)N(c2ccccc2)C(=S)NC1c1ccc(OC)cc1. The summed E-state index contributed by atoms with van der Waals surface area (Å²) in [5, 5.41) is 3.80. The highest BCUT2D eigenvalue weighted by atomic mass is 32.1. The fourth-order valence-corrected chi connectivity index (χ4v) is 3.41. The Morgan fingerprint density at radius 3 is 2.31 bits per heavy atom. The predicted octanol–water partition coefficient (Wildman–Crippen LogP) is 3.58. The van der Waals surface area contributed by atoms with Gasteiger partial charge in [0.05, 0.1) is 25.8 Å². The summed E-state index contributed by atoms with van der Waals surface area (Å²) in [6, 6.07) is 16.8. The third-order valence-corrected chi connectivity index (χ3v) is 4.65. The Kier molecular flexibility index (Phi) is 5.23. The molecule has 0 bridgehead atoms. The van der Waals surface area contributed by atoms with Crippen LogP contribution in [0.3, 0.4) is 0 Å². The molecule has 5 nitrogen and oxygen atoms in total. The van der Waals surface area contributed by atoms with Crippen molar-refractivity contribution < 1.29 is 14.3 Å². The fourth-order valence-electron chi connectivity index (χ4n) is 3.05. The molecule has 26 heavy (non-hydrogen) atoms. The van der Waals surface area contributed by atoms with E-state index in [1.165, 1.54) is 7.11 Å². The van der Waals surface area contributed by atoms with Gasteiger partial charge in [0.2, 0.25) is 0 Å². The highest BCUT2D eigenvalue weighted by molar-refractivity contribution is 7.80. The fraction of sp³-hybridized carbons (Fsp3) is 0.200. The van der Waals surface area contributed by atoms with Crippen LogP contribution in [0.5, 0.6) is 5.75 Å². The summed E-state index contributed by atoms with van der Waals surface area (Å²) in [7, 11) is 3.00. The molecule has 1 aliphatic heterocycles. The maximum Gasteiger partial charge on any atom is 0.337 e. The van der Waals surface area contributed by atoms with Gasteiger partial charge in [0.1, 0.15) is 5.75 Å². The van der Waals surface area contributed by atoms with E-state index in [1.807, 2.05) is 66.4 Å². The number of ether oxygens (including phenoxy) is 2. The summed E-state index contributed by atoms with van der Waals surface area (Å²) in [6.07, 6.45) is 0. The molecule has 6 heteroatoms. The molecule has 1 unspecified atom stereocenters. The van der Waals surface area contributed by atoms with Gasteiger partial charge in [0, 0.05) is 11.4 Å². The van der Waals surface area contributed by atoms with Gasteiger partial charge in [-0.25, -0.2) is 4.79 Å². The van der Waals surface area contributed by atoms with Crippen molar-refractivity contribution in [2.24, 2.45) is 0 Å². The molecule has 1 heterocycles. The van der Waals surface area contributed by atoms with Gasteiger partial charge in [-0.1, -0.05) is 30.3 Å². The van der Waals surface area contributed by atoms with Crippen LogP contribution in [0.1, 0.15) is 18.5 Å². The van der Waals surface area contributed by atoms with Crippen LogP contribution in [0.25, 0.3) is 0 Å². The average Bonchev–Trinajstić information content (AvgIpc) is 2.68. The van der Waals surface area contributed by atoms with E-state index in [-0.39, 0.29) is 12.0 Å². The molecular formula is C20H20N2O3S. The number of carbonyl (C=O) groups is 1. The van der Waals surface area contributed by atoms with Crippen molar-refractivity contribution in [2.45, 2.75) is 13.0 Å². The first kappa shape index (κ1) is 17.9. The number of nitrogens with zero attached hydrogens (tertiary/aromatic N) is 1. The Balaban J connectivity index is 2.10. The second kappa shape index (κ2) is 7.58. The summed E-state index contributed by atoms with van der Waals surface area (Å²) < 4.78 is 10.3. The van der Waals surface area contributed by atoms with Crippen LogP contribution in [-0.4, -0.2) is 25.3 Å². The van der Waals surface area contributed by atoms with Gasteiger partial charge in [0.25, 0.3) is 0 Å². The molecule has 134 valence electrons. The molecule has 0 radical (unpaired) electrons. The molecule has 2 aromatic rings. The van der Waals surface area contributed by atoms with Gasteiger partial charge >= 0.3 is 5.97 Å². The maximum atomic E-state index is 12.6. The third-order valence-electron chi connectivity index (χ3n) is 4.35. The van der Waals surface area contributed by atoms with Crippen molar-refractivity contribution in [1.82, 2.24) is 5.32 Å². The number of rotatable bonds is 4. The first-order valence-electron chi connectivity index (χ1n) is 8.15. The van der Waals surface area contributed by atoms with E-state index in [2.05, 4.69) is 5.32 Å². The van der Waals surface area contributed by atoms with Crippen LogP contribution in [0, 0.1) is 0 Å². The number of nitrogens with one attached hydrogen (secondary N) is 1. The number of anilines is 1. The van der Waals surface area contributed by atoms with Gasteiger partial charge in [-0.2, -0.15) is 0 Å². The van der Waals surface area contributed by atoms with Gasteiger partial charge in [0.15, 0.2) is 5.11 Å². The lowest BCUT2D eigenvalue weighted by Crippen LogP contribution is -2.48. The van der Waals surface area contributed by atoms with Crippen LogP contribution >= 0.6 is 12.2 Å². The molecule has 1 aliphatic rings. The van der Waals surface area contributed by atoms with Crippen LogP contribution in [-0.2, 0) is 9.53 Å². The molecule has 1 atom stereocenters. The largest absolute Gasteiger partial charge is 0.497 e. The average molecular weight is 368 g/mol. The van der Waals surface area contributed by atoms with Gasteiger partial charge in [-0.3, -0.25) is 4.90 Å². The number of benzene rings is 2. The van der Waals surface area contributed by atoms with Crippen LogP contribution < -0.4 is 15.0 Å². The molecule has 0 saturated heterocycles. The number of allylic oxidation sites excluding steroid dienone is 1. The minimum absolute atomic E-state index is 0.388. The van der Waals surface area contributed by atoms with Crippen molar-refractivity contribution in [3.8, 4) is 5.75 Å². The van der Waals surface area contributed by atoms with Crippen LogP contribution in [0.4, 0.5) is 5.69 Å². The molecule has 3 rings (SSSR count). The molecule has 0 aliphatic carbocycles. The quantitative estimate of drug-likeness (QED) is 0.658. The van der Waals surface area contributed by atoms with Gasteiger partial charge in [-0.15, -0.1) is 0 Å². The summed E-state index contributed by atoms with van der Waals surface area (Å²) in [6.45, 7) is 1.88. The van der Waals surface area contributed by atoms with Gasteiger partial charge in [-0.05, 0) is 49.0 Å². The lowest BCUT2D eigenvalue weighted by Gasteiger charge is -2.37. The summed E-state index contributed by atoms with van der Waals surface area (Å²) in [5.74, 6) is 0.359. The summed E-state index contributed by atoms with van der Waals surface area (Å²) in [5.41, 5.74) is 3.06. The second-order valence-electron chi connectivity index (χ2n) is 5.82. The van der Waals surface area contributed by atoms with Crippen molar-refractivity contribution in [2.75, 3.05) is 19.1 Å². The number of thiocarbonyl (C=S) groups is 1. The van der Waals surface area contributed by atoms with Crippen molar-refractivity contribution in [1.29, 1.82) is 0 Å². The van der Waals surface area contributed by atoms with Crippen LogP contribution in [0.15, 0.2) is 65.9 Å². The minimum atomic E-state index is -0.390. The Hall–Kier alpha value is -2.86. The topological polar surface area (TPSA) is 50.8 Å². The van der Waals surface area contributed by atoms with Crippen molar-refractivity contribution >= 4 is 29.0 Å². The number of hydrogen-bond donors (Lipinski definition) is 1. The third kappa shape index (κ3) is 3.28. The summed E-state index contributed by atoms with van der Waals surface area (Å²) in [4.78, 5) is 14.4. The Morgan fingerprint density at radius 2 is 1.73 bits per heavy atom. The molecular weight excluding hydrogens is 348 g/mol. The Morgan fingerprint density at radius 1 is 1.08 bits per heavy atom. The number of carbonyl (C=O) groups excluding carboxylic acids is 1. The maximum absolute atomic E-state index is 12.6. The Labute approximate surface area is 158 Å². The normalized spacial score (nSPS) is 17.0. The van der Waals surface area contributed by atoms with E-state index >= 15 is 0 Å². The summed E-state index contributed by atoms with van der Waals surface area (Å²) >= 11 is 5.59. The van der Waals surface area contributed by atoms with E-state index in [4.69, 9.17) is 21.7 Å². The molecule has 0 amide bonds. The molecule has 0 saturated carbocycles. The van der Waals surface area contributed by atoms with Crippen molar-refractivity contribution in [3.63, 3.8) is 0 Å². The number of hydrogen-bond acceptors (Lipinski definition) is 4. The molecule has 0 spiro atoms. The zero-order valence-electron chi connectivity index (χ0n) is 14.9. The monoisotopic (exact) mass is 368 g/mol. The minimum Gasteiger partial charge on any atom is -0.497 e. The highest BCUT2D eigenvalue weighted by Crippen LogP contribution is 2.34. The molecule has 0 fully saturated rings. The molecule has 1 N–H and O–H groups in total. The predicted molar refractivity (Wildman–Crippen MR) is 105 cm³/mol. The van der Waals surface area contributed by atoms with E-state index in [9.17, 15) is 4.79 Å². The zero-order valence-corrected chi connectivity index (χ0v) is 15.7.